The van der Waals surface area contributed by atoms with Crippen molar-refractivity contribution in [1.29, 1.82) is 0 Å². The number of imide groups is 1. The molecule has 6 aliphatic rings. The zero-order chi connectivity index (χ0) is 54.7. The smallest absolute Gasteiger partial charge is 0.269 e. The molecule has 0 spiro atoms. The highest BCUT2D eigenvalue weighted by Crippen LogP contribution is 2.45. The van der Waals surface area contributed by atoms with Gasteiger partial charge in [0, 0.05) is 80.8 Å². The number of methoxy groups -OCH3 is 2. The number of ether oxygens (including phenoxy) is 4. The maximum atomic E-state index is 14.1. The maximum Gasteiger partial charge on any atom is 0.269 e. The van der Waals surface area contributed by atoms with Crippen molar-refractivity contribution in [3.63, 3.8) is 0 Å². The van der Waals surface area contributed by atoms with Gasteiger partial charge in [-0.25, -0.2) is 0 Å². The predicted molar refractivity (Wildman–Crippen MR) is 297 cm³/mol. The molecule has 3 aromatic carbocycles. The highest BCUT2D eigenvalue weighted by Gasteiger charge is 2.39. The maximum absolute atomic E-state index is 14.1. The summed E-state index contributed by atoms with van der Waals surface area (Å²) in [7, 11) is 3.05. The molecular formula is C57H61Br2N7O11. The molecule has 18 nitrogen and oxygen atoms in total. The standard InChI is InChI=1S/C57H61Br2N7O11/c1-31(2)52(63-49(68)10-7-6-8-17-64-56(72)50(58)51(59)57(64)73)44(67)20-32(3)53(69)62-37-15-13-34(14-16-37)36-22-39-28-61-43-26-48(46(75-5)24-41(43)55(71)66(39)30-36)77-19-9-18-76-47-25-42-40(23-45(47)74-4)54(70)65-29-35(33-11-12-33)21-38(65)27-60-42/h13-16,23-33,38-39,52H,6-12,17-22H2,1-5H3,(H,62,69)(H,63,68)/t32-,38+,39+,52+/m0/s1. The molecule has 5 heterocycles. The number of hydrogen-bond donors (Lipinski definition) is 2. The summed E-state index contributed by atoms with van der Waals surface area (Å²) in [6, 6.07) is 12.9. The van der Waals surface area contributed by atoms with Crippen LogP contribution in [-0.2, 0) is 24.0 Å². The molecule has 0 aromatic heterocycles. The number of fused-ring (bicyclic) bond motifs is 4. The van der Waals surface area contributed by atoms with Crippen LogP contribution < -0.4 is 29.6 Å². The zero-order valence-corrected chi connectivity index (χ0v) is 46.7. The van der Waals surface area contributed by atoms with Crippen molar-refractivity contribution in [1.82, 2.24) is 20.0 Å². The SMILES string of the molecule is COc1cc2c(cc1OCCCOc1cc3c(cc1OC)C(=O)N1C=C(C4CC4)C[C@@H]1C=N3)N=C[C@H]1CC(c3ccc(NC(=O)[C@@H](C)CC(=O)[C@H](NC(=O)CCCCCN4C(=O)C(Br)=C(Br)C4=O)C(C)C)cc3)=CN1C2=O. The molecule has 3 aromatic rings. The van der Waals surface area contributed by atoms with Gasteiger partial charge in [0.1, 0.15) is 8.96 Å². The van der Waals surface area contributed by atoms with E-state index in [0.29, 0.717) is 89.2 Å². The number of aliphatic imine (C=N–C) groups is 2. The quantitative estimate of drug-likeness (QED) is 0.0674. The molecule has 5 aliphatic heterocycles. The molecule has 1 fully saturated rings. The molecule has 20 heteroatoms. The third-order valence-electron chi connectivity index (χ3n) is 14.5. The molecule has 6 amide bonds. The predicted octanol–water partition coefficient (Wildman–Crippen LogP) is 9.35. The number of nitrogens with one attached hydrogen (secondary N) is 2. The van der Waals surface area contributed by atoms with Gasteiger partial charge >= 0.3 is 0 Å². The molecule has 77 heavy (non-hydrogen) atoms. The number of Topliss-reactive ketones (excluding diaryl/α,β-unsaturated/α-hetero) is 1. The summed E-state index contributed by atoms with van der Waals surface area (Å²) in [4.78, 5) is 106. The van der Waals surface area contributed by atoms with Gasteiger partial charge in [0.2, 0.25) is 11.8 Å². The van der Waals surface area contributed by atoms with Gasteiger partial charge in [0.15, 0.2) is 28.8 Å². The van der Waals surface area contributed by atoms with E-state index in [4.69, 9.17) is 28.9 Å². The highest BCUT2D eigenvalue weighted by molar-refractivity contribution is 9.14. The summed E-state index contributed by atoms with van der Waals surface area (Å²) in [6.07, 6.45) is 13.3. The third-order valence-corrected chi connectivity index (χ3v) is 16.5. The summed E-state index contributed by atoms with van der Waals surface area (Å²) in [5.74, 6) is -0.601. The lowest BCUT2D eigenvalue weighted by atomic mass is 9.92. The number of anilines is 1. The number of amides is 6. The van der Waals surface area contributed by atoms with Crippen LogP contribution in [0, 0.1) is 17.8 Å². The van der Waals surface area contributed by atoms with Crippen LogP contribution in [0.3, 0.4) is 0 Å². The lowest BCUT2D eigenvalue weighted by Crippen LogP contribution is -2.45. The molecule has 0 bridgehead atoms. The molecule has 404 valence electrons. The topological polar surface area (TPSA) is 215 Å². The molecule has 0 radical (unpaired) electrons. The Kier molecular flexibility index (Phi) is 16.9. The Bertz CT molecular complexity index is 3030. The van der Waals surface area contributed by atoms with Crippen molar-refractivity contribution in [2.75, 3.05) is 39.3 Å². The Hall–Kier alpha value is -6.93. The highest BCUT2D eigenvalue weighted by atomic mass is 79.9. The number of ketones is 1. The summed E-state index contributed by atoms with van der Waals surface area (Å²) < 4.78 is 24.0. The van der Waals surface area contributed by atoms with Crippen LogP contribution in [0.5, 0.6) is 23.0 Å². The minimum Gasteiger partial charge on any atom is -0.493 e. The number of halogens is 2. The third kappa shape index (κ3) is 12.1. The summed E-state index contributed by atoms with van der Waals surface area (Å²) in [5, 5.41) is 5.75. The van der Waals surface area contributed by atoms with E-state index in [1.807, 2.05) is 44.6 Å². The molecular weight excluding hydrogens is 1120 g/mol. The zero-order valence-electron chi connectivity index (χ0n) is 43.6. The van der Waals surface area contributed by atoms with Gasteiger partial charge in [-0.1, -0.05) is 39.3 Å². The van der Waals surface area contributed by atoms with Gasteiger partial charge in [-0.3, -0.25) is 48.4 Å². The fourth-order valence-corrected chi connectivity index (χ4v) is 10.8. The van der Waals surface area contributed by atoms with Crippen molar-refractivity contribution in [2.24, 2.45) is 27.7 Å². The number of carbonyl (C=O) groups is 7. The van der Waals surface area contributed by atoms with E-state index in [-0.39, 0.29) is 89.0 Å². The summed E-state index contributed by atoms with van der Waals surface area (Å²) >= 11 is 6.24. The van der Waals surface area contributed by atoms with Gasteiger partial charge in [0.05, 0.1) is 68.1 Å². The molecule has 9 rings (SSSR count). The molecule has 2 N–H and O–H groups in total. The molecule has 4 atom stereocenters. The Morgan fingerprint density at radius 3 is 1.83 bits per heavy atom. The normalized spacial score (nSPS) is 19.2. The first-order chi connectivity index (χ1) is 37.0. The number of hydrogen-bond acceptors (Lipinski definition) is 13. The average Bonchev–Trinajstić information content (AvgIpc) is 4.06. The van der Waals surface area contributed by atoms with Crippen LogP contribution in [0.2, 0.25) is 0 Å². The first kappa shape index (κ1) is 54.8. The van der Waals surface area contributed by atoms with Crippen molar-refractivity contribution in [3.05, 3.63) is 92.2 Å². The van der Waals surface area contributed by atoms with Crippen LogP contribution in [0.4, 0.5) is 17.1 Å². The Morgan fingerprint density at radius 1 is 0.701 bits per heavy atom. The van der Waals surface area contributed by atoms with Crippen molar-refractivity contribution in [2.45, 2.75) is 103 Å². The van der Waals surface area contributed by atoms with Crippen LogP contribution in [-0.4, -0.2) is 120 Å². The van der Waals surface area contributed by atoms with Crippen molar-refractivity contribution < 1.29 is 52.5 Å². The van der Waals surface area contributed by atoms with Crippen LogP contribution >= 0.6 is 31.9 Å². The minimum atomic E-state index is -0.769. The minimum absolute atomic E-state index is 0.0724. The number of rotatable bonds is 23. The second-order valence-corrected chi connectivity index (χ2v) is 22.0. The van der Waals surface area contributed by atoms with E-state index >= 15 is 0 Å². The second kappa shape index (κ2) is 23.8. The van der Waals surface area contributed by atoms with E-state index in [1.54, 1.807) is 66.4 Å². The molecule has 1 saturated carbocycles. The Morgan fingerprint density at radius 2 is 1.27 bits per heavy atom. The first-order valence-corrected chi connectivity index (χ1v) is 27.6. The monoisotopic (exact) mass is 1180 g/mol. The fourth-order valence-electron chi connectivity index (χ4n) is 10.00. The lowest BCUT2D eigenvalue weighted by molar-refractivity contribution is -0.137. The Balaban J connectivity index is 0.731. The number of unbranched alkanes of at least 4 members (excludes halogenated alkanes) is 2. The van der Waals surface area contributed by atoms with Crippen molar-refractivity contribution in [3.8, 4) is 23.0 Å². The van der Waals surface area contributed by atoms with Crippen molar-refractivity contribution >= 4 is 108 Å². The Labute approximate surface area is 463 Å². The van der Waals surface area contributed by atoms with E-state index in [1.165, 1.54) is 25.5 Å². The van der Waals surface area contributed by atoms with E-state index in [0.717, 1.165) is 22.5 Å². The average molecular weight is 1180 g/mol. The van der Waals surface area contributed by atoms with E-state index in [9.17, 15) is 33.6 Å². The summed E-state index contributed by atoms with van der Waals surface area (Å²) in [6.45, 7) is 6.13. The molecule has 0 saturated heterocycles. The molecule has 0 unspecified atom stereocenters. The second-order valence-electron chi connectivity index (χ2n) is 20.4. The lowest BCUT2D eigenvalue weighted by Gasteiger charge is -2.23. The number of carbonyl (C=O) groups excluding carboxylic acids is 7. The fraction of sp³-hybridized carbons (Fsp3) is 0.421. The van der Waals surface area contributed by atoms with E-state index in [2.05, 4.69) is 42.5 Å². The van der Waals surface area contributed by atoms with Gasteiger partial charge < -0.3 is 39.4 Å². The molecule has 1 aliphatic carbocycles. The van der Waals surface area contributed by atoms with Crippen LogP contribution in [0.1, 0.15) is 111 Å². The van der Waals surface area contributed by atoms with Gasteiger partial charge in [-0.05, 0) is 117 Å². The largest absolute Gasteiger partial charge is 0.493 e. The number of benzene rings is 3. The van der Waals surface area contributed by atoms with Crippen LogP contribution in [0.25, 0.3) is 5.57 Å². The number of nitrogens with zero attached hydrogens (tertiary/aromatic N) is 5. The van der Waals surface area contributed by atoms with Crippen LogP contribution in [0.15, 0.2) is 85.5 Å². The summed E-state index contributed by atoms with van der Waals surface area (Å²) in [5.41, 5.74) is 5.44. The van der Waals surface area contributed by atoms with Gasteiger partial charge in [0.25, 0.3) is 23.6 Å². The van der Waals surface area contributed by atoms with Gasteiger partial charge in [-0.2, -0.15) is 0 Å². The van der Waals surface area contributed by atoms with E-state index < -0.39 is 23.8 Å². The first-order valence-electron chi connectivity index (χ1n) is 26.0. The van der Waals surface area contributed by atoms with Gasteiger partial charge in [-0.15, -0.1) is 0 Å².